The van der Waals surface area contributed by atoms with Gasteiger partial charge in [0, 0.05) is 21.0 Å². The minimum Gasteiger partial charge on any atom is -0.488 e. The molecule has 2 aromatic carbocycles. The van der Waals surface area contributed by atoms with Gasteiger partial charge < -0.3 is 23.7 Å². The molecule has 0 bridgehead atoms. The van der Waals surface area contributed by atoms with Crippen LogP contribution >= 0.6 is 34.8 Å². The van der Waals surface area contributed by atoms with E-state index in [4.69, 9.17) is 58.5 Å². The maximum absolute atomic E-state index is 13.1. The van der Waals surface area contributed by atoms with Crippen LogP contribution in [-0.4, -0.2) is 65.4 Å². The van der Waals surface area contributed by atoms with Gasteiger partial charge in [-0.3, -0.25) is 9.59 Å². The summed E-state index contributed by atoms with van der Waals surface area (Å²) >= 11 is 18.2. The summed E-state index contributed by atoms with van der Waals surface area (Å²) in [6.45, 7) is 2.52. The third kappa shape index (κ3) is 8.70. The summed E-state index contributed by atoms with van der Waals surface area (Å²) in [5.41, 5.74) is 0. The van der Waals surface area contributed by atoms with Crippen molar-refractivity contribution in [2.24, 2.45) is 0 Å². The molecule has 0 N–H and O–H groups in total. The molecule has 2 aromatic rings. The minimum absolute atomic E-state index is 0.0148. The summed E-state index contributed by atoms with van der Waals surface area (Å²) in [6, 6.07) is 7.92. The first kappa shape index (κ1) is 30.0. The van der Waals surface area contributed by atoms with Gasteiger partial charge in [0.25, 0.3) is 0 Å². The average Bonchev–Trinajstić information content (AvgIpc) is 2.80. The molecule has 0 heterocycles. The van der Waals surface area contributed by atoms with Gasteiger partial charge in [0.05, 0.1) is 32.3 Å². The molecule has 0 aromatic heterocycles. The van der Waals surface area contributed by atoms with Gasteiger partial charge >= 0.3 is 11.9 Å². The number of methoxy groups -OCH3 is 1. The predicted molar refractivity (Wildman–Crippen MR) is 133 cm³/mol. The highest BCUT2D eigenvalue weighted by atomic mass is 35.5. The Hall–Kier alpha value is -2.24. The van der Waals surface area contributed by atoms with E-state index in [1.165, 1.54) is 57.4 Å². The van der Waals surface area contributed by atoms with Crippen molar-refractivity contribution in [2.45, 2.75) is 35.8 Å². The van der Waals surface area contributed by atoms with E-state index in [1.54, 1.807) is 0 Å². The molecule has 0 amide bonds. The SMILES string of the molecule is COC[C@H](COc1ccc(S(=O)(=O)c2ccc(OC[C@@H](CCl)OC(C)=O)c(Cl)c2)cc1Cl)OC(C)=O. The van der Waals surface area contributed by atoms with Crippen molar-refractivity contribution in [3.05, 3.63) is 46.4 Å². The number of halogens is 3. The fourth-order valence-electron chi connectivity index (χ4n) is 2.91. The summed E-state index contributed by atoms with van der Waals surface area (Å²) in [4.78, 5) is 22.1. The molecular weight excluding hydrogens is 559 g/mol. The molecule has 13 heteroatoms. The quantitative estimate of drug-likeness (QED) is 0.251. The molecule has 0 spiro atoms. The Balaban J connectivity index is 2.15. The first-order valence-electron chi connectivity index (χ1n) is 10.5. The van der Waals surface area contributed by atoms with E-state index in [9.17, 15) is 18.0 Å². The number of rotatable bonds is 13. The Morgan fingerprint density at radius 1 is 0.806 bits per heavy atom. The van der Waals surface area contributed by atoms with Gasteiger partial charge in [-0.25, -0.2) is 8.42 Å². The number of carbonyl (C=O) groups is 2. The molecule has 0 unspecified atom stereocenters. The van der Waals surface area contributed by atoms with Gasteiger partial charge in [0.15, 0.2) is 6.10 Å². The van der Waals surface area contributed by atoms with Gasteiger partial charge in [0.1, 0.15) is 30.8 Å². The van der Waals surface area contributed by atoms with Crippen LogP contribution in [0.3, 0.4) is 0 Å². The van der Waals surface area contributed by atoms with Crippen LogP contribution in [0.1, 0.15) is 13.8 Å². The van der Waals surface area contributed by atoms with Crippen molar-refractivity contribution in [1.29, 1.82) is 0 Å². The van der Waals surface area contributed by atoms with Gasteiger partial charge in [-0.2, -0.15) is 0 Å². The maximum atomic E-state index is 13.1. The fourth-order valence-corrected chi connectivity index (χ4v) is 4.98. The Bertz CT molecular complexity index is 1170. The minimum atomic E-state index is -3.98. The lowest BCUT2D eigenvalue weighted by molar-refractivity contribution is -0.150. The molecule has 0 aliphatic carbocycles. The Labute approximate surface area is 224 Å². The number of hydrogen-bond donors (Lipinski definition) is 0. The second-order valence-electron chi connectivity index (χ2n) is 7.38. The standard InChI is InChI=1S/C23H25Cl3O9S/c1-14(27)34-16(10-24)12-32-22-6-4-18(8-20(22)25)36(29,30)19-5-7-23(21(26)9-19)33-13-17(11-31-3)35-15(2)28/h4-9,16-17H,10-13H2,1-3H3/t16-,17-/m1/s1. The lowest BCUT2D eigenvalue weighted by Crippen LogP contribution is -2.28. The second kappa shape index (κ2) is 13.9. The summed E-state index contributed by atoms with van der Waals surface area (Å²) in [7, 11) is -2.53. The number of benzene rings is 2. The molecule has 0 saturated carbocycles. The molecule has 2 atom stereocenters. The predicted octanol–water partition coefficient (Wildman–Crippen LogP) is 4.33. The number of sulfone groups is 1. The largest absolute Gasteiger partial charge is 0.488 e. The molecule has 36 heavy (non-hydrogen) atoms. The van der Waals surface area contributed by atoms with E-state index in [2.05, 4.69) is 0 Å². The number of esters is 2. The topological polar surface area (TPSA) is 114 Å². The van der Waals surface area contributed by atoms with Crippen molar-refractivity contribution in [2.75, 3.05) is 32.8 Å². The molecule has 0 radical (unpaired) electrons. The van der Waals surface area contributed by atoms with Crippen molar-refractivity contribution in [3.8, 4) is 11.5 Å². The van der Waals surface area contributed by atoms with Crippen LogP contribution < -0.4 is 9.47 Å². The van der Waals surface area contributed by atoms with Crippen LogP contribution in [0.5, 0.6) is 11.5 Å². The lowest BCUT2D eigenvalue weighted by Gasteiger charge is -2.18. The van der Waals surface area contributed by atoms with E-state index in [0.717, 1.165) is 0 Å². The van der Waals surface area contributed by atoms with Crippen molar-refractivity contribution >= 4 is 56.6 Å². The number of ether oxygens (including phenoxy) is 5. The van der Waals surface area contributed by atoms with Gasteiger partial charge in [-0.1, -0.05) is 23.2 Å². The van der Waals surface area contributed by atoms with Crippen LogP contribution in [0.2, 0.25) is 10.0 Å². The van der Waals surface area contributed by atoms with E-state index >= 15 is 0 Å². The van der Waals surface area contributed by atoms with Gasteiger partial charge in [-0.15, -0.1) is 11.6 Å². The zero-order valence-electron chi connectivity index (χ0n) is 19.7. The van der Waals surface area contributed by atoms with E-state index in [-0.39, 0.29) is 57.0 Å². The molecule has 198 valence electrons. The maximum Gasteiger partial charge on any atom is 0.303 e. The van der Waals surface area contributed by atoms with Crippen molar-refractivity contribution < 1.29 is 41.7 Å². The van der Waals surface area contributed by atoms with Gasteiger partial charge in [-0.05, 0) is 36.4 Å². The summed E-state index contributed by atoms with van der Waals surface area (Å²) in [6.07, 6.45) is -1.35. The zero-order valence-corrected chi connectivity index (χ0v) is 22.7. The highest BCUT2D eigenvalue weighted by Gasteiger charge is 2.22. The molecular formula is C23H25Cl3O9S. The number of hydrogen-bond acceptors (Lipinski definition) is 9. The van der Waals surface area contributed by atoms with E-state index in [0.29, 0.717) is 0 Å². The highest BCUT2D eigenvalue weighted by molar-refractivity contribution is 7.91. The van der Waals surface area contributed by atoms with Gasteiger partial charge in [0.2, 0.25) is 9.84 Å². The third-order valence-electron chi connectivity index (χ3n) is 4.47. The first-order chi connectivity index (χ1) is 17.0. The highest BCUT2D eigenvalue weighted by Crippen LogP contribution is 2.33. The summed E-state index contributed by atoms with van der Waals surface area (Å²) in [5, 5.41) is 0.0756. The van der Waals surface area contributed by atoms with E-state index in [1.807, 2.05) is 0 Å². The van der Waals surface area contributed by atoms with Crippen LogP contribution in [-0.2, 0) is 33.6 Å². The normalized spacial score (nSPS) is 12.9. The molecule has 0 saturated heterocycles. The monoisotopic (exact) mass is 582 g/mol. The van der Waals surface area contributed by atoms with E-state index < -0.39 is 34.0 Å². The smallest absolute Gasteiger partial charge is 0.303 e. The first-order valence-corrected chi connectivity index (χ1v) is 13.2. The van der Waals surface area contributed by atoms with Crippen molar-refractivity contribution in [1.82, 2.24) is 0 Å². The van der Waals surface area contributed by atoms with Crippen LogP contribution in [0, 0.1) is 0 Å². The molecule has 0 fully saturated rings. The molecule has 0 aliphatic rings. The van der Waals surface area contributed by atoms with Crippen molar-refractivity contribution in [3.63, 3.8) is 0 Å². The number of carbonyl (C=O) groups excluding carboxylic acids is 2. The lowest BCUT2D eigenvalue weighted by atomic mass is 10.3. The Morgan fingerprint density at radius 3 is 1.64 bits per heavy atom. The Kier molecular flexibility index (Phi) is 11.6. The number of alkyl halides is 1. The van der Waals surface area contributed by atoms with Crippen LogP contribution in [0.15, 0.2) is 46.2 Å². The zero-order chi connectivity index (χ0) is 26.9. The second-order valence-corrected chi connectivity index (χ2v) is 10.5. The average molecular weight is 584 g/mol. The molecule has 0 aliphatic heterocycles. The summed E-state index contributed by atoms with van der Waals surface area (Å²) < 4.78 is 52.4. The molecule has 9 nitrogen and oxygen atoms in total. The Morgan fingerprint density at radius 2 is 1.25 bits per heavy atom. The van der Waals surface area contributed by atoms with Crippen LogP contribution in [0.25, 0.3) is 0 Å². The summed E-state index contributed by atoms with van der Waals surface area (Å²) in [5.74, 6) is -0.594. The molecule has 2 rings (SSSR count). The third-order valence-corrected chi connectivity index (χ3v) is 7.15. The van der Waals surface area contributed by atoms with Crippen LogP contribution in [0.4, 0.5) is 0 Å². The fraction of sp³-hybridized carbons (Fsp3) is 0.391.